The van der Waals surface area contributed by atoms with Crippen LogP contribution < -0.4 is 0 Å². The van der Waals surface area contributed by atoms with Crippen LogP contribution >= 0.6 is 0 Å². The van der Waals surface area contributed by atoms with Crippen LogP contribution in [0.2, 0.25) is 0 Å². The third-order valence-electron chi connectivity index (χ3n) is 3.65. The maximum atomic E-state index is 11.7. The SMILES string of the molecule is [N-]=[N+]=NCC(=O)N1CC[C@@H](O)[C@@H](CC2CC2)C1. The predicted molar refractivity (Wildman–Crippen MR) is 62.0 cm³/mol. The molecular weight excluding hydrogens is 220 g/mol. The van der Waals surface area contributed by atoms with E-state index in [0.29, 0.717) is 19.5 Å². The van der Waals surface area contributed by atoms with Crippen LogP contribution in [-0.2, 0) is 4.79 Å². The number of nitrogens with zero attached hydrogens (tertiary/aromatic N) is 4. The lowest BCUT2D eigenvalue weighted by atomic mass is 9.90. The average Bonchev–Trinajstić information content (AvgIpc) is 3.13. The number of amides is 1. The van der Waals surface area contributed by atoms with Crippen LogP contribution in [0, 0.1) is 11.8 Å². The molecule has 0 bridgehead atoms. The smallest absolute Gasteiger partial charge is 0.228 e. The number of carbonyl (C=O) groups excluding carboxylic acids is 1. The van der Waals surface area contributed by atoms with Crippen LogP contribution in [0.15, 0.2) is 5.11 Å². The first kappa shape index (κ1) is 12.2. The zero-order chi connectivity index (χ0) is 12.3. The van der Waals surface area contributed by atoms with Gasteiger partial charge in [0.25, 0.3) is 0 Å². The highest BCUT2D eigenvalue weighted by atomic mass is 16.3. The summed E-state index contributed by atoms with van der Waals surface area (Å²) in [7, 11) is 0. The number of carbonyl (C=O) groups is 1. The molecule has 2 rings (SSSR count). The number of piperidine rings is 1. The van der Waals surface area contributed by atoms with Crippen molar-refractivity contribution in [2.75, 3.05) is 19.6 Å². The Labute approximate surface area is 100 Å². The third-order valence-corrected chi connectivity index (χ3v) is 3.65. The Morgan fingerprint density at radius 1 is 1.47 bits per heavy atom. The van der Waals surface area contributed by atoms with E-state index in [1.807, 2.05) is 0 Å². The van der Waals surface area contributed by atoms with Crippen LogP contribution in [-0.4, -0.2) is 41.7 Å². The Hall–Kier alpha value is -1.26. The maximum absolute atomic E-state index is 11.7. The van der Waals surface area contributed by atoms with E-state index in [-0.39, 0.29) is 24.5 Å². The van der Waals surface area contributed by atoms with Crippen LogP contribution in [0.3, 0.4) is 0 Å². The monoisotopic (exact) mass is 238 g/mol. The molecule has 2 atom stereocenters. The number of aliphatic hydroxyl groups excluding tert-OH is 1. The van der Waals surface area contributed by atoms with Gasteiger partial charge >= 0.3 is 0 Å². The molecule has 0 aromatic heterocycles. The highest BCUT2D eigenvalue weighted by Gasteiger charge is 2.34. The number of likely N-dealkylation sites (tertiary alicyclic amines) is 1. The fourth-order valence-electron chi connectivity index (χ4n) is 2.45. The van der Waals surface area contributed by atoms with Gasteiger partial charge in [0, 0.05) is 23.9 Å². The molecule has 1 amide bonds. The molecule has 1 saturated carbocycles. The summed E-state index contributed by atoms with van der Waals surface area (Å²) in [5.41, 5.74) is 8.18. The molecular formula is C11H18N4O2. The fraction of sp³-hybridized carbons (Fsp3) is 0.909. The Kier molecular flexibility index (Phi) is 3.86. The first-order valence-corrected chi connectivity index (χ1v) is 6.17. The minimum absolute atomic E-state index is 0.108. The Morgan fingerprint density at radius 2 is 2.24 bits per heavy atom. The van der Waals surface area contributed by atoms with Crippen molar-refractivity contribution in [3.05, 3.63) is 10.4 Å². The molecule has 2 aliphatic rings. The van der Waals surface area contributed by atoms with Gasteiger partial charge < -0.3 is 10.0 Å². The third kappa shape index (κ3) is 3.35. The Morgan fingerprint density at radius 3 is 2.88 bits per heavy atom. The topological polar surface area (TPSA) is 89.3 Å². The number of azide groups is 1. The van der Waals surface area contributed by atoms with Gasteiger partial charge in [-0.15, -0.1) is 0 Å². The molecule has 94 valence electrons. The standard InChI is InChI=1S/C11H18N4O2/c12-14-13-6-11(17)15-4-3-10(16)9(7-15)5-8-1-2-8/h8-10,16H,1-7H2/t9-,10+/m0/s1. The van der Waals surface area contributed by atoms with Crippen molar-refractivity contribution in [3.63, 3.8) is 0 Å². The molecule has 2 fully saturated rings. The minimum atomic E-state index is -0.279. The van der Waals surface area contributed by atoms with Crippen LogP contribution in [0.5, 0.6) is 0 Å². The number of hydrogen-bond donors (Lipinski definition) is 1. The van der Waals surface area contributed by atoms with E-state index in [1.54, 1.807) is 4.90 Å². The molecule has 0 unspecified atom stereocenters. The van der Waals surface area contributed by atoms with Gasteiger partial charge in [-0.2, -0.15) is 0 Å². The molecule has 1 aliphatic heterocycles. The van der Waals surface area contributed by atoms with Crippen molar-refractivity contribution in [3.8, 4) is 0 Å². The summed E-state index contributed by atoms with van der Waals surface area (Å²) in [6.45, 7) is 1.07. The van der Waals surface area contributed by atoms with E-state index >= 15 is 0 Å². The summed E-state index contributed by atoms with van der Waals surface area (Å²) in [6, 6.07) is 0. The van der Waals surface area contributed by atoms with Gasteiger partial charge in [0.1, 0.15) is 6.54 Å². The summed E-state index contributed by atoms with van der Waals surface area (Å²) in [5.74, 6) is 0.823. The maximum Gasteiger partial charge on any atom is 0.228 e. The lowest BCUT2D eigenvalue weighted by molar-refractivity contribution is -0.133. The van der Waals surface area contributed by atoms with Crippen LogP contribution in [0.1, 0.15) is 25.7 Å². The van der Waals surface area contributed by atoms with E-state index < -0.39 is 0 Å². The number of aliphatic hydroxyl groups is 1. The summed E-state index contributed by atoms with van der Waals surface area (Å²) in [5, 5.41) is 13.2. The van der Waals surface area contributed by atoms with Gasteiger partial charge in [0.15, 0.2) is 0 Å². The second-order valence-corrected chi connectivity index (χ2v) is 5.02. The van der Waals surface area contributed by atoms with Gasteiger partial charge in [0.05, 0.1) is 6.10 Å². The molecule has 1 aliphatic carbocycles. The first-order chi connectivity index (χ1) is 8.20. The second-order valence-electron chi connectivity index (χ2n) is 5.02. The van der Waals surface area contributed by atoms with Gasteiger partial charge in [-0.05, 0) is 24.3 Å². The highest BCUT2D eigenvalue weighted by Crippen LogP contribution is 2.37. The molecule has 6 heteroatoms. The van der Waals surface area contributed by atoms with Crippen molar-refractivity contribution in [1.29, 1.82) is 0 Å². The molecule has 0 aromatic carbocycles. The number of hydrogen-bond acceptors (Lipinski definition) is 3. The Balaban J connectivity index is 1.86. The fourth-order valence-corrected chi connectivity index (χ4v) is 2.45. The van der Waals surface area contributed by atoms with Gasteiger partial charge in [-0.25, -0.2) is 0 Å². The second kappa shape index (κ2) is 5.38. The Bertz CT molecular complexity index is 336. The minimum Gasteiger partial charge on any atom is -0.393 e. The van der Waals surface area contributed by atoms with E-state index in [0.717, 1.165) is 12.3 Å². The van der Waals surface area contributed by atoms with E-state index in [9.17, 15) is 9.90 Å². The van der Waals surface area contributed by atoms with E-state index in [1.165, 1.54) is 12.8 Å². The molecule has 6 nitrogen and oxygen atoms in total. The zero-order valence-electron chi connectivity index (χ0n) is 9.83. The van der Waals surface area contributed by atoms with Crippen molar-refractivity contribution < 1.29 is 9.90 Å². The van der Waals surface area contributed by atoms with Gasteiger partial charge in [0.2, 0.25) is 5.91 Å². The van der Waals surface area contributed by atoms with Crippen LogP contribution in [0.4, 0.5) is 0 Å². The lowest BCUT2D eigenvalue weighted by Crippen LogP contribution is -2.46. The van der Waals surface area contributed by atoms with E-state index in [2.05, 4.69) is 10.0 Å². The van der Waals surface area contributed by atoms with Crippen molar-refractivity contribution in [2.24, 2.45) is 17.0 Å². The van der Waals surface area contributed by atoms with Gasteiger partial charge in [-0.1, -0.05) is 18.0 Å². The van der Waals surface area contributed by atoms with Crippen LogP contribution in [0.25, 0.3) is 10.4 Å². The molecule has 1 saturated heterocycles. The van der Waals surface area contributed by atoms with E-state index in [4.69, 9.17) is 5.53 Å². The molecule has 0 aromatic rings. The average molecular weight is 238 g/mol. The summed E-state index contributed by atoms with van der Waals surface area (Å²) >= 11 is 0. The lowest BCUT2D eigenvalue weighted by Gasteiger charge is -2.36. The predicted octanol–water partition coefficient (Wildman–Crippen LogP) is 1.31. The zero-order valence-corrected chi connectivity index (χ0v) is 9.83. The van der Waals surface area contributed by atoms with Crippen molar-refractivity contribution in [2.45, 2.75) is 31.8 Å². The van der Waals surface area contributed by atoms with Crippen molar-refractivity contribution in [1.82, 2.24) is 4.90 Å². The van der Waals surface area contributed by atoms with Gasteiger partial charge in [-0.3, -0.25) is 4.79 Å². The quantitative estimate of drug-likeness (QED) is 0.454. The summed E-state index contributed by atoms with van der Waals surface area (Å²) < 4.78 is 0. The summed E-state index contributed by atoms with van der Waals surface area (Å²) in [4.78, 5) is 16.0. The molecule has 1 N–H and O–H groups in total. The highest BCUT2D eigenvalue weighted by molar-refractivity contribution is 5.78. The number of rotatable bonds is 4. The molecule has 17 heavy (non-hydrogen) atoms. The molecule has 1 heterocycles. The first-order valence-electron chi connectivity index (χ1n) is 6.17. The molecule has 0 radical (unpaired) electrons. The normalized spacial score (nSPS) is 28.6. The van der Waals surface area contributed by atoms with Crippen molar-refractivity contribution >= 4 is 5.91 Å². The largest absolute Gasteiger partial charge is 0.393 e. The summed E-state index contributed by atoms with van der Waals surface area (Å²) in [6.07, 6.45) is 3.90. The molecule has 0 spiro atoms.